The Kier molecular flexibility index (Phi) is 3.48. The van der Waals surface area contributed by atoms with Gasteiger partial charge in [-0.25, -0.2) is 4.98 Å². The van der Waals surface area contributed by atoms with Crippen LogP contribution in [-0.2, 0) is 0 Å². The second kappa shape index (κ2) is 5.33. The number of anilines is 1. The summed E-state index contributed by atoms with van der Waals surface area (Å²) in [7, 11) is 1.67. The Bertz CT molecular complexity index is 802. The Morgan fingerprint density at radius 3 is 2.77 bits per heavy atom. The average Bonchev–Trinajstić information content (AvgIpc) is 2.84. The van der Waals surface area contributed by atoms with E-state index in [1.807, 2.05) is 34.9 Å². The van der Waals surface area contributed by atoms with Gasteiger partial charge in [0.2, 0.25) is 0 Å². The third-order valence-corrected chi connectivity index (χ3v) is 3.27. The largest absolute Gasteiger partial charge is 0.497 e. The second-order valence-corrected chi connectivity index (χ2v) is 6.22. The van der Waals surface area contributed by atoms with Crippen LogP contribution in [0, 0.1) is 0 Å². The first-order valence-corrected chi connectivity index (χ1v) is 7.22. The van der Waals surface area contributed by atoms with Gasteiger partial charge in [0, 0.05) is 23.5 Å². The van der Waals surface area contributed by atoms with Crippen LogP contribution >= 0.6 is 0 Å². The highest BCUT2D eigenvalue weighted by atomic mass is 16.5. The van der Waals surface area contributed by atoms with Crippen LogP contribution in [0.15, 0.2) is 42.9 Å². The van der Waals surface area contributed by atoms with Gasteiger partial charge in [0.1, 0.15) is 17.3 Å². The van der Waals surface area contributed by atoms with E-state index in [0.29, 0.717) is 0 Å². The van der Waals surface area contributed by atoms with Crippen molar-refractivity contribution in [2.75, 3.05) is 12.4 Å². The maximum atomic E-state index is 5.32. The molecule has 0 atom stereocenters. The molecule has 1 aromatic carbocycles. The Morgan fingerprint density at radius 2 is 2.05 bits per heavy atom. The topological polar surface area (TPSA) is 51.5 Å². The number of methoxy groups -OCH3 is 1. The van der Waals surface area contributed by atoms with Crippen molar-refractivity contribution in [1.82, 2.24) is 14.4 Å². The lowest BCUT2D eigenvalue weighted by atomic mass is 10.1. The van der Waals surface area contributed by atoms with Gasteiger partial charge in [0.05, 0.1) is 13.3 Å². The summed E-state index contributed by atoms with van der Waals surface area (Å²) in [5.41, 5.74) is 2.64. The quantitative estimate of drug-likeness (QED) is 0.802. The second-order valence-electron chi connectivity index (χ2n) is 6.22. The molecular weight excluding hydrogens is 276 g/mol. The monoisotopic (exact) mass is 296 g/mol. The first kappa shape index (κ1) is 14.4. The number of nitrogens with one attached hydrogen (secondary N) is 1. The number of hydrogen-bond acceptors (Lipinski definition) is 4. The van der Waals surface area contributed by atoms with Crippen LogP contribution in [0.2, 0.25) is 0 Å². The van der Waals surface area contributed by atoms with Crippen LogP contribution in [0.4, 0.5) is 5.82 Å². The Labute approximate surface area is 130 Å². The molecule has 0 aliphatic rings. The standard InChI is InChI=1S/C17H20N4O/c1-17(2,3)20-16-15(12-6-5-7-13(10-12)22-4)19-14-11-18-8-9-21(14)16/h5-11,20H,1-4H3. The van der Waals surface area contributed by atoms with E-state index in [1.54, 1.807) is 19.5 Å². The van der Waals surface area contributed by atoms with Gasteiger partial charge in [0.25, 0.3) is 0 Å². The lowest BCUT2D eigenvalue weighted by molar-refractivity contribution is 0.415. The third kappa shape index (κ3) is 2.74. The van der Waals surface area contributed by atoms with Crippen LogP contribution in [-0.4, -0.2) is 27.0 Å². The number of nitrogens with zero attached hydrogens (tertiary/aromatic N) is 3. The summed E-state index contributed by atoms with van der Waals surface area (Å²) >= 11 is 0. The smallest absolute Gasteiger partial charge is 0.157 e. The van der Waals surface area contributed by atoms with Crippen LogP contribution < -0.4 is 10.1 Å². The summed E-state index contributed by atoms with van der Waals surface area (Å²) in [5, 5.41) is 3.54. The number of imidazole rings is 1. The fraction of sp³-hybridized carbons (Fsp3) is 0.294. The molecular formula is C17H20N4O. The first-order chi connectivity index (χ1) is 10.5. The maximum Gasteiger partial charge on any atom is 0.157 e. The molecule has 3 aromatic rings. The maximum absolute atomic E-state index is 5.32. The number of aromatic nitrogens is 3. The summed E-state index contributed by atoms with van der Waals surface area (Å²) in [4.78, 5) is 8.88. The van der Waals surface area contributed by atoms with E-state index in [0.717, 1.165) is 28.5 Å². The zero-order valence-corrected chi connectivity index (χ0v) is 13.3. The molecule has 0 saturated heterocycles. The Morgan fingerprint density at radius 1 is 1.23 bits per heavy atom. The summed E-state index contributed by atoms with van der Waals surface area (Å²) in [6, 6.07) is 7.92. The van der Waals surface area contributed by atoms with Gasteiger partial charge in [0.15, 0.2) is 5.65 Å². The molecule has 0 unspecified atom stereocenters. The number of ether oxygens (including phenoxy) is 1. The number of benzene rings is 1. The van der Waals surface area contributed by atoms with Gasteiger partial charge in [-0.15, -0.1) is 0 Å². The number of rotatable bonds is 3. The SMILES string of the molecule is COc1cccc(-c2nc3cnccn3c2NC(C)(C)C)c1. The van der Waals surface area contributed by atoms with E-state index >= 15 is 0 Å². The minimum absolute atomic E-state index is 0.0765. The van der Waals surface area contributed by atoms with E-state index < -0.39 is 0 Å². The highest BCUT2D eigenvalue weighted by Crippen LogP contribution is 2.32. The molecule has 1 N–H and O–H groups in total. The third-order valence-electron chi connectivity index (χ3n) is 3.27. The molecule has 0 amide bonds. The van der Waals surface area contributed by atoms with E-state index in [4.69, 9.17) is 9.72 Å². The van der Waals surface area contributed by atoms with Crippen molar-refractivity contribution in [2.45, 2.75) is 26.3 Å². The number of hydrogen-bond donors (Lipinski definition) is 1. The fourth-order valence-corrected chi connectivity index (χ4v) is 2.35. The zero-order chi connectivity index (χ0) is 15.7. The van der Waals surface area contributed by atoms with Gasteiger partial charge >= 0.3 is 0 Å². The van der Waals surface area contributed by atoms with Crippen molar-refractivity contribution in [3.63, 3.8) is 0 Å². The normalized spacial score (nSPS) is 11.6. The highest BCUT2D eigenvalue weighted by Gasteiger charge is 2.19. The van der Waals surface area contributed by atoms with Crippen LogP contribution in [0.5, 0.6) is 5.75 Å². The van der Waals surface area contributed by atoms with Crippen LogP contribution in [0.25, 0.3) is 16.9 Å². The highest BCUT2D eigenvalue weighted by molar-refractivity contribution is 5.77. The lowest BCUT2D eigenvalue weighted by Crippen LogP contribution is -2.27. The fourth-order valence-electron chi connectivity index (χ4n) is 2.35. The molecule has 0 bridgehead atoms. The summed E-state index contributed by atoms with van der Waals surface area (Å²) in [5.74, 6) is 1.77. The van der Waals surface area contributed by atoms with Crippen molar-refractivity contribution < 1.29 is 4.74 Å². The predicted molar refractivity (Wildman–Crippen MR) is 88.4 cm³/mol. The predicted octanol–water partition coefficient (Wildman–Crippen LogP) is 3.62. The van der Waals surface area contributed by atoms with Gasteiger partial charge in [-0.2, -0.15) is 0 Å². The Balaban J connectivity index is 2.21. The van der Waals surface area contributed by atoms with Gasteiger partial charge < -0.3 is 10.1 Å². The van der Waals surface area contributed by atoms with Gasteiger partial charge in [-0.3, -0.25) is 9.38 Å². The summed E-state index contributed by atoms with van der Waals surface area (Å²) in [6.07, 6.45) is 5.44. The molecule has 3 rings (SSSR count). The average molecular weight is 296 g/mol. The van der Waals surface area contributed by atoms with E-state index in [1.165, 1.54) is 0 Å². The Hall–Kier alpha value is -2.56. The van der Waals surface area contributed by atoms with Crippen molar-refractivity contribution >= 4 is 11.5 Å². The molecule has 0 aliphatic heterocycles. The molecule has 0 saturated carbocycles. The number of fused-ring (bicyclic) bond motifs is 1. The zero-order valence-electron chi connectivity index (χ0n) is 13.3. The van der Waals surface area contributed by atoms with E-state index in [9.17, 15) is 0 Å². The molecule has 5 heteroatoms. The molecule has 0 aliphatic carbocycles. The molecule has 5 nitrogen and oxygen atoms in total. The minimum Gasteiger partial charge on any atom is -0.497 e. The van der Waals surface area contributed by atoms with Crippen LogP contribution in [0.1, 0.15) is 20.8 Å². The molecule has 0 radical (unpaired) electrons. The van der Waals surface area contributed by atoms with Gasteiger partial charge in [-0.05, 0) is 32.9 Å². The molecule has 22 heavy (non-hydrogen) atoms. The van der Waals surface area contributed by atoms with Crippen molar-refractivity contribution in [1.29, 1.82) is 0 Å². The van der Waals surface area contributed by atoms with E-state index in [2.05, 4.69) is 31.1 Å². The molecule has 2 aromatic heterocycles. The minimum atomic E-state index is -0.0765. The molecule has 0 spiro atoms. The van der Waals surface area contributed by atoms with Crippen LogP contribution in [0.3, 0.4) is 0 Å². The molecule has 114 valence electrons. The van der Waals surface area contributed by atoms with Crippen molar-refractivity contribution in [3.05, 3.63) is 42.9 Å². The van der Waals surface area contributed by atoms with Crippen molar-refractivity contribution in [2.24, 2.45) is 0 Å². The molecule has 0 fully saturated rings. The van der Waals surface area contributed by atoms with Crippen molar-refractivity contribution in [3.8, 4) is 17.0 Å². The summed E-state index contributed by atoms with van der Waals surface area (Å²) in [6.45, 7) is 6.38. The van der Waals surface area contributed by atoms with Gasteiger partial charge in [-0.1, -0.05) is 12.1 Å². The van der Waals surface area contributed by atoms with E-state index in [-0.39, 0.29) is 5.54 Å². The summed E-state index contributed by atoms with van der Waals surface area (Å²) < 4.78 is 7.34. The molecule has 2 heterocycles. The lowest BCUT2D eigenvalue weighted by Gasteiger charge is -2.22. The first-order valence-electron chi connectivity index (χ1n) is 7.22.